The third-order valence-electron chi connectivity index (χ3n) is 7.29. The number of fused-ring (bicyclic) bond motifs is 1. The van der Waals surface area contributed by atoms with E-state index in [1.165, 1.54) is 65.6 Å². The number of hydrogen-bond acceptors (Lipinski definition) is 4. The number of carbonyl (C=O) groups excluding carboxylic acids is 2. The Morgan fingerprint density at radius 3 is 2.51 bits per heavy atom. The highest BCUT2D eigenvalue weighted by Gasteiger charge is 2.16. The first-order valence-corrected chi connectivity index (χ1v) is 13.8. The number of anilines is 1. The van der Waals surface area contributed by atoms with E-state index in [4.69, 9.17) is 0 Å². The Bertz CT molecular complexity index is 1400. The van der Waals surface area contributed by atoms with E-state index in [1.54, 1.807) is 6.20 Å². The zero-order valence-corrected chi connectivity index (χ0v) is 22.1. The van der Waals surface area contributed by atoms with E-state index >= 15 is 0 Å². The molecule has 0 atom stereocenters. The molecular formula is C30H35FN6O2. The van der Waals surface area contributed by atoms with Crippen LogP contribution in [0.5, 0.6) is 0 Å². The van der Waals surface area contributed by atoms with E-state index in [-0.39, 0.29) is 24.2 Å². The Morgan fingerprint density at radius 2 is 1.72 bits per heavy atom. The lowest BCUT2D eigenvalue weighted by molar-refractivity contribution is -0.122. The lowest BCUT2D eigenvalue weighted by atomic mass is 10.1. The molecule has 2 amide bonds. The quantitative estimate of drug-likeness (QED) is 0.275. The molecule has 9 heteroatoms. The highest BCUT2D eigenvalue weighted by molar-refractivity contribution is 5.90. The van der Waals surface area contributed by atoms with Crippen LogP contribution in [0.2, 0.25) is 0 Å². The summed E-state index contributed by atoms with van der Waals surface area (Å²) in [5.41, 5.74) is 3.56. The van der Waals surface area contributed by atoms with Crippen molar-refractivity contribution in [2.45, 2.75) is 76.9 Å². The Balaban J connectivity index is 1.17. The molecule has 4 aromatic rings. The zero-order valence-electron chi connectivity index (χ0n) is 22.1. The first-order chi connectivity index (χ1) is 19.0. The minimum absolute atomic E-state index is 0.00493. The molecule has 5 rings (SSSR count). The van der Waals surface area contributed by atoms with Crippen LogP contribution in [0.4, 0.5) is 10.1 Å². The molecule has 0 bridgehead atoms. The number of halogens is 1. The van der Waals surface area contributed by atoms with E-state index in [2.05, 4.69) is 43.8 Å². The molecular weight excluding hydrogens is 495 g/mol. The summed E-state index contributed by atoms with van der Waals surface area (Å²) in [4.78, 5) is 24.9. The molecule has 0 saturated heterocycles. The fraction of sp³-hybridized carbons (Fsp3) is 0.400. The average molecular weight is 531 g/mol. The van der Waals surface area contributed by atoms with E-state index in [0.717, 1.165) is 36.9 Å². The van der Waals surface area contributed by atoms with E-state index in [9.17, 15) is 14.0 Å². The maximum atomic E-state index is 13.1. The number of aromatic nitrogens is 4. The first kappa shape index (κ1) is 26.6. The molecule has 39 heavy (non-hydrogen) atoms. The van der Waals surface area contributed by atoms with Crippen molar-refractivity contribution in [3.8, 4) is 0 Å². The number of para-hydroxylation sites is 1. The van der Waals surface area contributed by atoms with Crippen molar-refractivity contribution in [1.82, 2.24) is 24.9 Å². The number of amides is 2. The van der Waals surface area contributed by atoms with Crippen LogP contribution in [0, 0.1) is 5.82 Å². The van der Waals surface area contributed by atoms with Gasteiger partial charge in [-0.3, -0.25) is 9.59 Å². The third-order valence-corrected chi connectivity index (χ3v) is 7.29. The number of aryl methyl sites for hydroxylation is 1. The predicted molar refractivity (Wildman–Crippen MR) is 149 cm³/mol. The predicted octanol–water partition coefficient (Wildman–Crippen LogP) is 5.22. The highest BCUT2D eigenvalue weighted by atomic mass is 19.1. The topological polar surface area (TPSA) is 93.8 Å². The number of carbonyl (C=O) groups is 2. The molecule has 2 aromatic heterocycles. The normalized spacial score (nSPS) is 14.3. The van der Waals surface area contributed by atoms with Gasteiger partial charge in [0.15, 0.2) is 0 Å². The molecule has 1 aliphatic carbocycles. The third kappa shape index (κ3) is 7.31. The first-order valence-electron chi connectivity index (χ1n) is 13.8. The van der Waals surface area contributed by atoms with Gasteiger partial charge in [0, 0.05) is 35.2 Å². The number of rotatable bonds is 10. The molecule has 1 saturated carbocycles. The molecule has 2 N–H and O–H groups in total. The van der Waals surface area contributed by atoms with Gasteiger partial charge in [-0.25, -0.2) is 9.07 Å². The van der Waals surface area contributed by atoms with E-state index in [0.29, 0.717) is 24.7 Å². The summed E-state index contributed by atoms with van der Waals surface area (Å²) in [6.07, 6.45) is 13.2. The van der Waals surface area contributed by atoms with Gasteiger partial charge in [-0.1, -0.05) is 49.1 Å². The van der Waals surface area contributed by atoms with Gasteiger partial charge in [-0.2, -0.15) is 0 Å². The van der Waals surface area contributed by atoms with Gasteiger partial charge in [0.25, 0.3) is 0 Å². The van der Waals surface area contributed by atoms with Crippen molar-refractivity contribution in [3.63, 3.8) is 0 Å². The zero-order chi connectivity index (χ0) is 27.0. The molecule has 2 heterocycles. The lowest BCUT2D eigenvalue weighted by Gasteiger charge is -2.16. The van der Waals surface area contributed by atoms with Gasteiger partial charge in [-0.05, 0) is 61.6 Å². The van der Waals surface area contributed by atoms with Gasteiger partial charge >= 0.3 is 0 Å². The van der Waals surface area contributed by atoms with Crippen molar-refractivity contribution >= 4 is 28.4 Å². The number of nitrogens with one attached hydrogen (secondary N) is 2. The van der Waals surface area contributed by atoms with Gasteiger partial charge in [0.2, 0.25) is 11.8 Å². The summed E-state index contributed by atoms with van der Waals surface area (Å²) in [5.74, 6) is -0.467. The van der Waals surface area contributed by atoms with Crippen molar-refractivity contribution in [3.05, 3.63) is 78.0 Å². The van der Waals surface area contributed by atoms with Gasteiger partial charge in [0.1, 0.15) is 18.1 Å². The van der Waals surface area contributed by atoms with Crippen molar-refractivity contribution in [2.75, 3.05) is 5.32 Å². The van der Waals surface area contributed by atoms with Crippen molar-refractivity contribution in [1.29, 1.82) is 0 Å². The Hall–Kier alpha value is -4.01. The number of hydrogen-bond donors (Lipinski definition) is 2. The SMILES string of the molecule is O=C(Cn1cc(Cn2cc(CCCC(=O)NC3CCCCCC3)c3ccccc32)nn1)Nc1ccc(F)cc1. The minimum Gasteiger partial charge on any atom is -0.353 e. The summed E-state index contributed by atoms with van der Waals surface area (Å²) < 4.78 is 16.7. The summed E-state index contributed by atoms with van der Waals surface area (Å²) >= 11 is 0. The van der Waals surface area contributed by atoms with Gasteiger partial charge in [0.05, 0.1) is 12.7 Å². The second kappa shape index (κ2) is 12.7. The molecule has 2 aromatic carbocycles. The van der Waals surface area contributed by atoms with Gasteiger partial charge < -0.3 is 15.2 Å². The summed E-state index contributed by atoms with van der Waals surface area (Å²) in [7, 11) is 0. The van der Waals surface area contributed by atoms with Crippen LogP contribution in [-0.4, -0.2) is 37.4 Å². The molecule has 0 radical (unpaired) electrons. The number of benzene rings is 2. The second-order valence-electron chi connectivity index (χ2n) is 10.4. The highest BCUT2D eigenvalue weighted by Crippen LogP contribution is 2.24. The Morgan fingerprint density at radius 1 is 0.949 bits per heavy atom. The smallest absolute Gasteiger partial charge is 0.246 e. The molecule has 204 valence electrons. The molecule has 1 fully saturated rings. The van der Waals surface area contributed by atoms with Crippen molar-refractivity contribution in [2.24, 2.45) is 0 Å². The maximum Gasteiger partial charge on any atom is 0.246 e. The van der Waals surface area contributed by atoms with Crippen LogP contribution in [0.25, 0.3) is 10.9 Å². The van der Waals surface area contributed by atoms with Crippen LogP contribution in [0.15, 0.2) is 60.9 Å². The number of nitrogens with zero attached hydrogens (tertiary/aromatic N) is 4. The summed E-state index contributed by atoms with van der Waals surface area (Å²) in [6.45, 7) is 0.521. The lowest BCUT2D eigenvalue weighted by Crippen LogP contribution is -2.34. The summed E-state index contributed by atoms with van der Waals surface area (Å²) in [5, 5.41) is 15.5. The fourth-order valence-electron chi connectivity index (χ4n) is 5.36. The molecule has 1 aliphatic rings. The van der Waals surface area contributed by atoms with Crippen molar-refractivity contribution < 1.29 is 14.0 Å². The monoisotopic (exact) mass is 530 g/mol. The van der Waals surface area contributed by atoms with Crippen LogP contribution in [-0.2, 0) is 29.1 Å². The maximum absolute atomic E-state index is 13.1. The fourth-order valence-corrected chi connectivity index (χ4v) is 5.36. The Labute approximate surface area is 227 Å². The largest absolute Gasteiger partial charge is 0.353 e. The van der Waals surface area contributed by atoms with Crippen LogP contribution in [0.3, 0.4) is 0 Å². The Kier molecular flexibility index (Phi) is 8.65. The van der Waals surface area contributed by atoms with Gasteiger partial charge in [-0.15, -0.1) is 5.10 Å². The molecule has 0 unspecified atom stereocenters. The second-order valence-corrected chi connectivity index (χ2v) is 10.4. The minimum atomic E-state index is -0.356. The standard InChI is InChI=1S/C30H35FN6O2/c31-23-14-16-25(17-15-23)33-30(39)21-37-20-26(34-35-37)19-36-18-22(27-11-5-6-12-28(27)36)8-7-13-29(38)32-24-9-3-1-2-4-10-24/h5-6,11-12,14-18,20,24H,1-4,7-10,13,19,21H2,(H,32,38)(H,33,39). The van der Waals surface area contributed by atoms with Crippen LogP contribution >= 0.6 is 0 Å². The molecule has 8 nitrogen and oxygen atoms in total. The average Bonchev–Trinajstić information content (AvgIpc) is 3.40. The molecule has 0 spiro atoms. The van der Waals surface area contributed by atoms with E-state index < -0.39 is 0 Å². The van der Waals surface area contributed by atoms with E-state index in [1.807, 2.05) is 12.1 Å². The van der Waals surface area contributed by atoms with Crippen LogP contribution in [0.1, 0.15) is 62.6 Å². The summed E-state index contributed by atoms with van der Waals surface area (Å²) in [6, 6.07) is 14.2. The van der Waals surface area contributed by atoms with Crippen LogP contribution < -0.4 is 10.6 Å². The molecule has 0 aliphatic heterocycles.